The van der Waals surface area contributed by atoms with E-state index >= 15 is 0 Å². The zero-order chi connectivity index (χ0) is 16.9. The Kier molecular flexibility index (Phi) is 5.44. The summed E-state index contributed by atoms with van der Waals surface area (Å²) in [5.41, 5.74) is -0.396. The van der Waals surface area contributed by atoms with Crippen molar-refractivity contribution in [3.63, 3.8) is 0 Å². The molecule has 1 fully saturated rings. The molecule has 0 bridgehead atoms. The summed E-state index contributed by atoms with van der Waals surface area (Å²) in [5, 5.41) is 12.0. The molecule has 1 aromatic carbocycles. The van der Waals surface area contributed by atoms with Crippen LogP contribution in [0.1, 0.15) is 29.6 Å². The number of amides is 1. The van der Waals surface area contributed by atoms with Crippen molar-refractivity contribution in [3.8, 4) is 11.5 Å². The Bertz CT molecular complexity index is 580. The molecule has 0 saturated carbocycles. The first-order valence-corrected chi connectivity index (χ1v) is 7.34. The van der Waals surface area contributed by atoms with Crippen LogP contribution in [0.3, 0.4) is 0 Å². The molecular formula is C16H21NO6. The molecule has 1 heterocycles. The maximum absolute atomic E-state index is 12.5. The van der Waals surface area contributed by atoms with Gasteiger partial charge in [0.15, 0.2) is 11.5 Å². The van der Waals surface area contributed by atoms with Gasteiger partial charge < -0.3 is 24.6 Å². The van der Waals surface area contributed by atoms with E-state index in [9.17, 15) is 9.59 Å². The monoisotopic (exact) mass is 323 g/mol. The lowest BCUT2D eigenvalue weighted by atomic mass is 9.86. The van der Waals surface area contributed by atoms with Crippen LogP contribution in [-0.4, -0.2) is 50.0 Å². The van der Waals surface area contributed by atoms with Gasteiger partial charge in [0.05, 0.1) is 26.2 Å². The molecule has 1 aromatic rings. The van der Waals surface area contributed by atoms with E-state index in [2.05, 4.69) is 5.32 Å². The van der Waals surface area contributed by atoms with E-state index in [0.29, 0.717) is 43.1 Å². The van der Waals surface area contributed by atoms with Gasteiger partial charge in [0.25, 0.3) is 5.91 Å². The molecule has 7 heteroatoms. The van der Waals surface area contributed by atoms with Gasteiger partial charge in [-0.1, -0.05) is 0 Å². The smallest absolute Gasteiger partial charge is 0.305 e. The van der Waals surface area contributed by atoms with Crippen molar-refractivity contribution in [2.45, 2.75) is 24.8 Å². The highest BCUT2D eigenvalue weighted by atomic mass is 16.5. The Hall–Kier alpha value is -2.28. The predicted molar refractivity (Wildman–Crippen MR) is 82.0 cm³/mol. The summed E-state index contributed by atoms with van der Waals surface area (Å²) in [6.07, 6.45) is 0.812. The van der Waals surface area contributed by atoms with Crippen LogP contribution >= 0.6 is 0 Å². The molecular weight excluding hydrogens is 302 g/mol. The quantitative estimate of drug-likeness (QED) is 0.823. The molecule has 2 rings (SSSR count). The lowest BCUT2D eigenvalue weighted by Crippen LogP contribution is -2.53. The number of hydrogen-bond acceptors (Lipinski definition) is 5. The largest absolute Gasteiger partial charge is 0.493 e. The lowest BCUT2D eigenvalue weighted by Gasteiger charge is -2.36. The zero-order valence-corrected chi connectivity index (χ0v) is 13.3. The molecule has 126 valence electrons. The van der Waals surface area contributed by atoms with E-state index in [0.717, 1.165) is 0 Å². The van der Waals surface area contributed by atoms with E-state index in [4.69, 9.17) is 19.3 Å². The number of benzene rings is 1. The number of ether oxygens (including phenoxy) is 3. The number of aliphatic carboxylic acids is 1. The second-order valence-corrected chi connectivity index (χ2v) is 5.49. The second-order valence-electron chi connectivity index (χ2n) is 5.49. The molecule has 0 aliphatic carbocycles. The first-order valence-electron chi connectivity index (χ1n) is 7.34. The summed E-state index contributed by atoms with van der Waals surface area (Å²) < 4.78 is 15.6. The third-order valence-corrected chi connectivity index (χ3v) is 3.96. The van der Waals surface area contributed by atoms with Crippen LogP contribution in [0, 0.1) is 0 Å². The van der Waals surface area contributed by atoms with Crippen molar-refractivity contribution in [3.05, 3.63) is 23.8 Å². The molecule has 2 N–H and O–H groups in total. The summed E-state index contributed by atoms with van der Waals surface area (Å²) in [6.45, 7) is 0.860. The number of carboxylic acid groups (broad SMARTS) is 1. The van der Waals surface area contributed by atoms with Gasteiger partial charge in [0, 0.05) is 18.8 Å². The number of methoxy groups -OCH3 is 2. The van der Waals surface area contributed by atoms with Crippen molar-refractivity contribution >= 4 is 11.9 Å². The molecule has 1 aliphatic heterocycles. The fourth-order valence-electron chi connectivity index (χ4n) is 2.69. The van der Waals surface area contributed by atoms with Crippen molar-refractivity contribution in [2.24, 2.45) is 0 Å². The van der Waals surface area contributed by atoms with Crippen LogP contribution in [0.4, 0.5) is 0 Å². The molecule has 1 saturated heterocycles. The van der Waals surface area contributed by atoms with Gasteiger partial charge in [-0.3, -0.25) is 9.59 Å². The Labute approximate surface area is 134 Å². The van der Waals surface area contributed by atoms with E-state index in [1.165, 1.54) is 14.2 Å². The summed E-state index contributed by atoms with van der Waals surface area (Å²) >= 11 is 0. The summed E-state index contributed by atoms with van der Waals surface area (Å²) in [7, 11) is 3.01. The van der Waals surface area contributed by atoms with Crippen LogP contribution in [-0.2, 0) is 9.53 Å². The normalized spacial score (nSPS) is 16.4. The van der Waals surface area contributed by atoms with Crippen LogP contribution < -0.4 is 14.8 Å². The number of carbonyl (C=O) groups excluding carboxylic acids is 1. The molecule has 0 aromatic heterocycles. The highest BCUT2D eigenvalue weighted by Crippen LogP contribution is 2.29. The first-order chi connectivity index (χ1) is 11.0. The summed E-state index contributed by atoms with van der Waals surface area (Å²) in [5.74, 6) is -0.316. The average Bonchev–Trinajstić information content (AvgIpc) is 2.54. The van der Waals surface area contributed by atoms with Crippen LogP contribution in [0.25, 0.3) is 0 Å². The SMILES string of the molecule is COc1ccc(C(=O)NC2(CC(=O)O)CCOCC2)cc1OC. The molecule has 0 unspecified atom stereocenters. The Balaban J connectivity index is 2.19. The minimum atomic E-state index is -0.945. The van der Waals surface area contributed by atoms with Crippen LogP contribution in [0.5, 0.6) is 11.5 Å². The molecule has 0 spiro atoms. The highest BCUT2D eigenvalue weighted by molar-refractivity contribution is 5.95. The molecule has 7 nitrogen and oxygen atoms in total. The van der Waals surface area contributed by atoms with E-state index in [1.807, 2.05) is 0 Å². The third kappa shape index (κ3) is 4.13. The highest BCUT2D eigenvalue weighted by Gasteiger charge is 2.36. The number of carbonyl (C=O) groups is 2. The fourth-order valence-corrected chi connectivity index (χ4v) is 2.69. The number of rotatable bonds is 6. The average molecular weight is 323 g/mol. The van der Waals surface area contributed by atoms with Gasteiger partial charge in [-0.2, -0.15) is 0 Å². The maximum Gasteiger partial charge on any atom is 0.305 e. The third-order valence-electron chi connectivity index (χ3n) is 3.96. The summed E-state index contributed by atoms with van der Waals surface area (Å²) in [6, 6.07) is 4.83. The van der Waals surface area contributed by atoms with Gasteiger partial charge in [-0.15, -0.1) is 0 Å². The van der Waals surface area contributed by atoms with E-state index < -0.39 is 11.5 Å². The van der Waals surface area contributed by atoms with Gasteiger partial charge in [0.1, 0.15) is 0 Å². The maximum atomic E-state index is 12.5. The van der Waals surface area contributed by atoms with Crippen molar-refractivity contribution in [2.75, 3.05) is 27.4 Å². The Morgan fingerprint density at radius 3 is 2.43 bits per heavy atom. The van der Waals surface area contributed by atoms with Gasteiger partial charge >= 0.3 is 5.97 Å². The number of nitrogens with one attached hydrogen (secondary N) is 1. The van der Waals surface area contributed by atoms with Crippen molar-refractivity contribution < 1.29 is 28.9 Å². The van der Waals surface area contributed by atoms with Crippen molar-refractivity contribution in [1.29, 1.82) is 0 Å². The van der Waals surface area contributed by atoms with E-state index in [-0.39, 0.29) is 12.3 Å². The minimum Gasteiger partial charge on any atom is -0.493 e. The molecule has 1 amide bonds. The van der Waals surface area contributed by atoms with Gasteiger partial charge in [-0.05, 0) is 31.0 Å². The van der Waals surface area contributed by atoms with Crippen LogP contribution in [0.2, 0.25) is 0 Å². The number of hydrogen-bond donors (Lipinski definition) is 2. The Morgan fingerprint density at radius 1 is 1.22 bits per heavy atom. The van der Waals surface area contributed by atoms with E-state index in [1.54, 1.807) is 18.2 Å². The second kappa shape index (κ2) is 7.32. The molecule has 0 atom stereocenters. The molecule has 1 aliphatic rings. The Morgan fingerprint density at radius 2 is 1.87 bits per heavy atom. The van der Waals surface area contributed by atoms with Crippen LogP contribution in [0.15, 0.2) is 18.2 Å². The minimum absolute atomic E-state index is 0.130. The van der Waals surface area contributed by atoms with Crippen molar-refractivity contribution in [1.82, 2.24) is 5.32 Å². The fraction of sp³-hybridized carbons (Fsp3) is 0.500. The topological polar surface area (TPSA) is 94.1 Å². The van der Waals surface area contributed by atoms with Gasteiger partial charge in [0.2, 0.25) is 0 Å². The standard InChI is InChI=1S/C16H21NO6/c1-21-12-4-3-11(9-13(12)22-2)15(20)17-16(10-14(18)19)5-7-23-8-6-16/h3-4,9H,5-8,10H2,1-2H3,(H,17,20)(H,18,19). The summed E-state index contributed by atoms with van der Waals surface area (Å²) in [4.78, 5) is 23.7. The number of carboxylic acids is 1. The lowest BCUT2D eigenvalue weighted by molar-refractivity contribution is -0.139. The predicted octanol–water partition coefficient (Wildman–Crippen LogP) is 1.46. The van der Waals surface area contributed by atoms with Gasteiger partial charge in [-0.25, -0.2) is 0 Å². The molecule has 0 radical (unpaired) electrons. The first kappa shape index (κ1) is 17.1. The molecule has 23 heavy (non-hydrogen) atoms. The zero-order valence-electron chi connectivity index (χ0n) is 13.3.